The van der Waals surface area contributed by atoms with Crippen LogP contribution in [0.5, 0.6) is 11.5 Å². The molecule has 0 bridgehead atoms. The van der Waals surface area contributed by atoms with Gasteiger partial charge in [0, 0.05) is 45.7 Å². The number of unbranched alkanes of at least 4 members (excludes halogenated alkanes) is 8. The molecule has 1 aliphatic rings. The molecule has 0 fully saturated rings. The minimum Gasteiger partial charge on any atom is -0.492 e. The third-order valence-electron chi connectivity index (χ3n) is 8.08. The van der Waals surface area contributed by atoms with E-state index < -0.39 is 0 Å². The van der Waals surface area contributed by atoms with Gasteiger partial charge in [-0.2, -0.15) is 0 Å². The van der Waals surface area contributed by atoms with Crippen LogP contribution >= 0.6 is 23.2 Å². The lowest BCUT2D eigenvalue weighted by molar-refractivity contribution is -0.545. The molecule has 41 heavy (non-hydrogen) atoms. The van der Waals surface area contributed by atoms with Crippen molar-refractivity contribution in [3.63, 3.8) is 0 Å². The van der Waals surface area contributed by atoms with Gasteiger partial charge in [0.05, 0.1) is 31.3 Å². The second kappa shape index (κ2) is 16.3. The summed E-state index contributed by atoms with van der Waals surface area (Å²) in [6.45, 7) is 6.82. The molecule has 0 amide bonds. The van der Waals surface area contributed by atoms with E-state index >= 15 is 0 Å². The first-order chi connectivity index (χ1) is 20.1. The van der Waals surface area contributed by atoms with Crippen LogP contribution in [0.1, 0.15) is 101 Å². The van der Waals surface area contributed by atoms with Gasteiger partial charge in [-0.15, -0.1) is 0 Å². The van der Waals surface area contributed by atoms with E-state index in [2.05, 4.69) is 24.5 Å². The zero-order valence-corrected chi connectivity index (χ0v) is 26.6. The van der Waals surface area contributed by atoms with Crippen molar-refractivity contribution in [2.45, 2.75) is 97.4 Å². The van der Waals surface area contributed by atoms with Crippen molar-refractivity contribution in [2.24, 2.45) is 0 Å². The quantitative estimate of drug-likeness (QED) is 0.114. The maximum absolute atomic E-state index is 6.64. The van der Waals surface area contributed by atoms with Gasteiger partial charge in [-0.1, -0.05) is 88.4 Å². The number of rotatable bonds is 17. The first-order valence-corrected chi connectivity index (χ1v) is 16.3. The van der Waals surface area contributed by atoms with E-state index in [9.17, 15) is 0 Å². The SMILES string of the molecule is CCCCCCCCOc1c2c(cc(-c3ccoc3)c1OC)C(CCCCCC)=[N+](Cc1cc(Cl)ccc1Cl)CC2. The molecule has 0 N–H and O–H groups in total. The highest BCUT2D eigenvalue weighted by Gasteiger charge is 2.32. The lowest BCUT2D eigenvalue weighted by Crippen LogP contribution is -2.31. The molecule has 4 rings (SSSR count). The molecule has 2 aromatic carbocycles. The molecule has 0 atom stereocenters. The van der Waals surface area contributed by atoms with E-state index in [4.69, 9.17) is 37.1 Å². The zero-order valence-electron chi connectivity index (χ0n) is 25.1. The molecule has 0 saturated heterocycles. The minimum absolute atomic E-state index is 0.692. The fourth-order valence-electron chi connectivity index (χ4n) is 5.84. The summed E-state index contributed by atoms with van der Waals surface area (Å²) in [5, 5.41) is 1.46. The van der Waals surface area contributed by atoms with Gasteiger partial charge in [0.1, 0.15) is 6.54 Å². The summed E-state index contributed by atoms with van der Waals surface area (Å²) < 4.78 is 20.7. The van der Waals surface area contributed by atoms with Crippen LogP contribution in [0, 0.1) is 0 Å². The topological polar surface area (TPSA) is 34.6 Å². The molecule has 4 nitrogen and oxygen atoms in total. The fraction of sp³-hybridized carbons (Fsp3) is 0.514. The number of hydrogen-bond acceptors (Lipinski definition) is 3. The van der Waals surface area contributed by atoms with Crippen LogP contribution < -0.4 is 9.47 Å². The first kappa shape index (κ1) is 31.5. The largest absolute Gasteiger partial charge is 0.492 e. The lowest BCUT2D eigenvalue weighted by atomic mass is 9.88. The molecular weight excluding hydrogens is 553 g/mol. The zero-order chi connectivity index (χ0) is 29.0. The van der Waals surface area contributed by atoms with Crippen molar-refractivity contribution in [2.75, 3.05) is 20.3 Å². The van der Waals surface area contributed by atoms with Gasteiger partial charge >= 0.3 is 0 Å². The van der Waals surface area contributed by atoms with Crippen molar-refractivity contribution < 1.29 is 18.5 Å². The van der Waals surface area contributed by atoms with Crippen LogP contribution in [0.4, 0.5) is 0 Å². The van der Waals surface area contributed by atoms with Crippen molar-refractivity contribution in [3.8, 4) is 22.6 Å². The molecule has 3 aromatic rings. The van der Waals surface area contributed by atoms with Crippen LogP contribution in [0.25, 0.3) is 11.1 Å². The molecule has 0 radical (unpaired) electrons. The molecule has 0 saturated carbocycles. The Kier molecular flexibility index (Phi) is 12.5. The number of benzene rings is 2. The molecule has 2 heterocycles. The number of furan rings is 1. The Morgan fingerprint density at radius 2 is 1.61 bits per heavy atom. The van der Waals surface area contributed by atoms with E-state index in [1.165, 1.54) is 68.2 Å². The van der Waals surface area contributed by atoms with Crippen LogP contribution in [-0.2, 0) is 13.0 Å². The predicted molar refractivity (Wildman–Crippen MR) is 171 cm³/mol. The van der Waals surface area contributed by atoms with Gasteiger partial charge < -0.3 is 13.9 Å². The molecule has 0 unspecified atom stereocenters. The average molecular weight is 600 g/mol. The smallest absolute Gasteiger partial charge is 0.184 e. The van der Waals surface area contributed by atoms with E-state index in [-0.39, 0.29) is 0 Å². The van der Waals surface area contributed by atoms with Gasteiger partial charge in [0.15, 0.2) is 23.8 Å². The van der Waals surface area contributed by atoms with Crippen molar-refractivity contribution in [3.05, 3.63) is 69.6 Å². The number of fused-ring (bicyclic) bond motifs is 1. The lowest BCUT2D eigenvalue weighted by Gasteiger charge is -2.25. The molecular formula is C35H46Cl2NO3+. The summed E-state index contributed by atoms with van der Waals surface area (Å²) in [6.07, 6.45) is 17.6. The first-order valence-electron chi connectivity index (χ1n) is 15.5. The van der Waals surface area contributed by atoms with Crippen LogP contribution in [-0.4, -0.2) is 30.5 Å². The number of hydrogen-bond donors (Lipinski definition) is 0. The second-order valence-corrected chi connectivity index (χ2v) is 11.9. The number of nitrogens with zero attached hydrogens (tertiary/aromatic N) is 1. The molecule has 222 valence electrons. The summed E-state index contributed by atoms with van der Waals surface area (Å²) in [7, 11) is 1.74. The summed E-state index contributed by atoms with van der Waals surface area (Å²) in [4.78, 5) is 0. The van der Waals surface area contributed by atoms with Crippen molar-refractivity contribution in [1.29, 1.82) is 0 Å². The Hall–Kier alpha value is -2.43. The van der Waals surface area contributed by atoms with E-state index in [1.54, 1.807) is 19.6 Å². The van der Waals surface area contributed by atoms with Gasteiger partial charge in [-0.25, -0.2) is 4.58 Å². The number of halogens is 2. The van der Waals surface area contributed by atoms with Crippen LogP contribution in [0.2, 0.25) is 10.0 Å². The minimum atomic E-state index is 0.692. The highest BCUT2D eigenvalue weighted by atomic mass is 35.5. The van der Waals surface area contributed by atoms with Gasteiger partial charge in [0.25, 0.3) is 0 Å². The standard InChI is InChI=1S/C35H46Cl2NO3/c1-4-6-8-10-11-13-20-41-35-29-17-19-38(24-27-22-28(36)15-16-32(27)37)33(14-12-9-7-5-2)31(29)23-30(34(35)39-3)26-18-21-40-25-26/h15-16,18,21-23,25H,4-14,17,19-20,24H2,1-3H3/q+1. The Labute approximate surface area is 256 Å². The number of ether oxygens (including phenoxy) is 2. The van der Waals surface area contributed by atoms with Gasteiger partial charge in [-0.05, 0) is 43.2 Å². The summed E-state index contributed by atoms with van der Waals surface area (Å²) in [5.41, 5.74) is 6.90. The molecule has 1 aromatic heterocycles. The Morgan fingerprint density at radius 1 is 0.854 bits per heavy atom. The highest BCUT2D eigenvalue weighted by molar-refractivity contribution is 6.33. The third-order valence-corrected chi connectivity index (χ3v) is 8.68. The maximum Gasteiger partial charge on any atom is 0.184 e. The summed E-state index contributed by atoms with van der Waals surface area (Å²) in [6, 6.07) is 10.0. The molecule has 6 heteroatoms. The third kappa shape index (κ3) is 8.32. The highest BCUT2D eigenvalue weighted by Crippen LogP contribution is 2.45. The predicted octanol–water partition coefficient (Wildman–Crippen LogP) is 10.5. The summed E-state index contributed by atoms with van der Waals surface area (Å²) >= 11 is 13.0. The maximum atomic E-state index is 6.64. The van der Waals surface area contributed by atoms with Crippen molar-refractivity contribution >= 4 is 28.9 Å². The Balaban J connectivity index is 1.74. The van der Waals surface area contributed by atoms with Crippen LogP contribution in [0.15, 0.2) is 47.3 Å². The van der Waals surface area contributed by atoms with E-state index in [0.717, 1.165) is 72.0 Å². The second-order valence-electron chi connectivity index (χ2n) is 11.1. The van der Waals surface area contributed by atoms with Gasteiger partial charge in [-0.3, -0.25) is 0 Å². The Morgan fingerprint density at radius 3 is 2.34 bits per heavy atom. The van der Waals surface area contributed by atoms with Crippen molar-refractivity contribution in [1.82, 2.24) is 0 Å². The Bertz CT molecular complexity index is 1280. The molecule has 1 aliphatic heterocycles. The van der Waals surface area contributed by atoms with Gasteiger partial charge in [0.2, 0.25) is 0 Å². The number of methoxy groups -OCH3 is 1. The molecule has 0 spiro atoms. The van der Waals surface area contributed by atoms with E-state index in [1.807, 2.05) is 24.3 Å². The van der Waals surface area contributed by atoms with Crippen LogP contribution in [0.3, 0.4) is 0 Å². The molecule has 0 aliphatic carbocycles. The fourth-order valence-corrected chi connectivity index (χ4v) is 6.21. The average Bonchev–Trinajstić information content (AvgIpc) is 3.52. The summed E-state index contributed by atoms with van der Waals surface area (Å²) in [5.74, 6) is 1.69. The monoisotopic (exact) mass is 598 g/mol. The normalized spacial score (nSPS) is 13.0. The van der Waals surface area contributed by atoms with E-state index in [0.29, 0.717) is 11.6 Å².